The molecule has 1 aliphatic heterocycles. The van der Waals surface area contributed by atoms with Crippen molar-refractivity contribution in [2.45, 2.75) is 44.9 Å². The van der Waals surface area contributed by atoms with Gasteiger partial charge in [-0.1, -0.05) is 48.0 Å². The number of amides is 1. The molecule has 3 rings (SSSR count). The zero-order valence-corrected chi connectivity index (χ0v) is 17.2. The van der Waals surface area contributed by atoms with Gasteiger partial charge in [-0.25, -0.2) is 9.18 Å². The third-order valence-electron chi connectivity index (χ3n) is 4.72. The van der Waals surface area contributed by atoms with E-state index in [1.54, 1.807) is 6.07 Å². The predicted octanol–water partition coefficient (Wildman–Crippen LogP) is 4.97. The molecule has 2 unspecified atom stereocenters. The van der Waals surface area contributed by atoms with Crippen LogP contribution in [0.1, 0.15) is 37.8 Å². The lowest BCUT2D eigenvalue weighted by Gasteiger charge is -2.24. The lowest BCUT2D eigenvalue weighted by atomic mass is 9.94. The minimum absolute atomic E-state index is 0.0528. The number of ether oxygens (including phenoxy) is 1. The van der Waals surface area contributed by atoms with Gasteiger partial charge in [0.2, 0.25) is 0 Å². The van der Waals surface area contributed by atoms with E-state index < -0.39 is 17.5 Å². The summed E-state index contributed by atoms with van der Waals surface area (Å²) in [6, 6.07) is 14.8. The minimum atomic E-state index is -0.575. The Balaban J connectivity index is 1.78. The van der Waals surface area contributed by atoms with Gasteiger partial charge in [-0.15, -0.1) is 0 Å². The Bertz CT molecular complexity index is 823. The van der Waals surface area contributed by atoms with E-state index in [1.807, 2.05) is 45.0 Å². The summed E-state index contributed by atoms with van der Waals surface area (Å²) < 4.78 is 19.4. The normalized spacial score (nSPS) is 20.2. The Labute approximate surface area is 170 Å². The van der Waals surface area contributed by atoms with Crippen molar-refractivity contribution in [3.8, 4) is 0 Å². The van der Waals surface area contributed by atoms with Crippen LogP contribution < -0.4 is 5.32 Å². The first-order valence-corrected chi connectivity index (χ1v) is 9.80. The fraction of sp³-hybridized carbons (Fsp3) is 0.409. The number of halogens is 2. The number of hydrogen-bond donors (Lipinski definition) is 1. The van der Waals surface area contributed by atoms with Gasteiger partial charge < -0.3 is 10.1 Å². The number of carbonyl (C=O) groups is 1. The second-order valence-electron chi connectivity index (χ2n) is 8.21. The molecule has 0 spiro atoms. The quantitative estimate of drug-likeness (QED) is 0.782. The van der Waals surface area contributed by atoms with Gasteiger partial charge in [0.15, 0.2) is 0 Å². The number of carbonyl (C=O) groups excluding carboxylic acids is 1. The molecule has 0 saturated carbocycles. The summed E-state index contributed by atoms with van der Waals surface area (Å²) in [4.78, 5) is 14.6. The second kappa shape index (κ2) is 8.50. The van der Waals surface area contributed by atoms with Gasteiger partial charge in [0.1, 0.15) is 11.4 Å². The summed E-state index contributed by atoms with van der Waals surface area (Å²) in [5.74, 6) is -0.500. The fourth-order valence-corrected chi connectivity index (χ4v) is 3.66. The molecule has 1 N–H and O–H groups in total. The fourth-order valence-electron chi connectivity index (χ4n) is 3.54. The Hall–Kier alpha value is -2.11. The van der Waals surface area contributed by atoms with E-state index in [0.717, 1.165) is 12.1 Å². The van der Waals surface area contributed by atoms with E-state index >= 15 is 0 Å². The van der Waals surface area contributed by atoms with Crippen molar-refractivity contribution in [3.63, 3.8) is 0 Å². The van der Waals surface area contributed by atoms with Gasteiger partial charge in [-0.3, -0.25) is 4.90 Å². The van der Waals surface area contributed by atoms with Gasteiger partial charge in [-0.05, 0) is 44.0 Å². The standard InChI is InChI=1S/C22H26ClFN2O2/c1-22(2,3)28-21(27)25-20-14-26(12-15-7-5-4-6-8-15)13-17(20)16-9-10-18(23)19(24)11-16/h4-11,17,20H,12-14H2,1-3H3,(H,25,27). The third-order valence-corrected chi connectivity index (χ3v) is 5.02. The summed E-state index contributed by atoms with van der Waals surface area (Å²) in [5.41, 5.74) is 1.44. The van der Waals surface area contributed by atoms with Crippen LogP contribution in [-0.4, -0.2) is 35.7 Å². The largest absolute Gasteiger partial charge is 0.444 e. The Morgan fingerprint density at radius 3 is 2.57 bits per heavy atom. The van der Waals surface area contributed by atoms with Gasteiger partial charge in [0.25, 0.3) is 0 Å². The van der Waals surface area contributed by atoms with Crippen LogP contribution in [0.25, 0.3) is 0 Å². The predicted molar refractivity (Wildman–Crippen MR) is 109 cm³/mol. The number of nitrogens with one attached hydrogen (secondary N) is 1. The zero-order chi connectivity index (χ0) is 20.3. The van der Waals surface area contributed by atoms with Crippen LogP contribution in [0.4, 0.5) is 9.18 Å². The highest BCUT2D eigenvalue weighted by molar-refractivity contribution is 6.30. The minimum Gasteiger partial charge on any atom is -0.444 e. The summed E-state index contributed by atoms with van der Waals surface area (Å²) in [6.07, 6.45) is -0.460. The molecule has 2 aromatic carbocycles. The van der Waals surface area contributed by atoms with Gasteiger partial charge >= 0.3 is 6.09 Å². The molecule has 28 heavy (non-hydrogen) atoms. The average Bonchev–Trinajstić information content (AvgIpc) is 2.98. The van der Waals surface area contributed by atoms with Crippen LogP contribution >= 0.6 is 11.6 Å². The lowest BCUT2D eigenvalue weighted by molar-refractivity contribution is 0.0502. The number of nitrogens with zero attached hydrogens (tertiary/aromatic N) is 1. The first-order chi connectivity index (χ1) is 13.2. The summed E-state index contributed by atoms with van der Waals surface area (Å²) in [5, 5.41) is 3.07. The first kappa shape index (κ1) is 20.6. The first-order valence-electron chi connectivity index (χ1n) is 9.42. The highest BCUT2D eigenvalue weighted by Gasteiger charge is 2.36. The molecule has 2 aromatic rings. The lowest BCUT2D eigenvalue weighted by Crippen LogP contribution is -2.42. The van der Waals surface area contributed by atoms with Crippen molar-refractivity contribution in [2.75, 3.05) is 13.1 Å². The van der Waals surface area contributed by atoms with Crippen LogP contribution in [0.3, 0.4) is 0 Å². The van der Waals surface area contributed by atoms with E-state index in [4.69, 9.17) is 16.3 Å². The zero-order valence-electron chi connectivity index (χ0n) is 16.4. The molecule has 2 atom stereocenters. The molecular weight excluding hydrogens is 379 g/mol. The van der Waals surface area contributed by atoms with Gasteiger partial charge in [-0.2, -0.15) is 0 Å². The summed E-state index contributed by atoms with van der Waals surface area (Å²) in [6.45, 7) is 7.61. The molecule has 0 bridgehead atoms. The highest BCUT2D eigenvalue weighted by atomic mass is 35.5. The Morgan fingerprint density at radius 2 is 1.93 bits per heavy atom. The molecule has 0 aliphatic carbocycles. The van der Waals surface area contributed by atoms with Crippen molar-refractivity contribution >= 4 is 17.7 Å². The monoisotopic (exact) mass is 404 g/mol. The van der Waals surface area contributed by atoms with Crippen LogP contribution in [0, 0.1) is 5.82 Å². The van der Waals surface area contributed by atoms with E-state index in [2.05, 4.69) is 22.3 Å². The molecule has 1 heterocycles. The van der Waals surface area contributed by atoms with Crippen molar-refractivity contribution in [3.05, 3.63) is 70.5 Å². The molecule has 1 aliphatic rings. The van der Waals surface area contributed by atoms with Gasteiger partial charge in [0.05, 0.1) is 11.1 Å². The van der Waals surface area contributed by atoms with E-state index in [0.29, 0.717) is 13.1 Å². The van der Waals surface area contributed by atoms with Crippen LogP contribution in [0.15, 0.2) is 48.5 Å². The van der Waals surface area contributed by atoms with E-state index in [1.165, 1.54) is 11.6 Å². The Kier molecular flexibility index (Phi) is 6.26. The van der Waals surface area contributed by atoms with Crippen LogP contribution in [0.2, 0.25) is 5.02 Å². The van der Waals surface area contributed by atoms with Crippen molar-refractivity contribution < 1.29 is 13.9 Å². The molecule has 0 radical (unpaired) electrons. The average molecular weight is 405 g/mol. The Morgan fingerprint density at radius 1 is 1.21 bits per heavy atom. The number of rotatable bonds is 4. The van der Waals surface area contributed by atoms with Crippen LogP contribution in [-0.2, 0) is 11.3 Å². The maximum absolute atomic E-state index is 14.0. The molecule has 6 heteroatoms. The maximum atomic E-state index is 14.0. The van der Waals surface area contributed by atoms with Gasteiger partial charge in [0, 0.05) is 25.6 Å². The molecule has 1 saturated heterocycles. The smallest absolute Gasteiger partial charge is 0.407 e. The number of likely N-dealkylation sites (tertiary alicyclic amines) is 1. The number of alkyl carbamates (subject to hydrolysis) is 1. The van der Waals surface area contributed by atoms with Crippen molar-refractivity contribution in [2.24, 2.45) is 0 Å². The molecule has 0 aromatic heterocycles. The maximum Gasteiger partial charge on any atom is 0.407 e. The molecule has 1 amide bonds. The highest BCUT2D eigenvalue weighted by Crippen LogP contribution is 2.31. The van der Waals surface area contributed by atoms with Crippen molar-refractivity contribution in [1.82, 2.24) is 10.2 Å². The van der Waals surface area contributed by atoms with Crippen LogP contribution in [0.5, 0.6) is 0 Å². The molecular formula is C22H26ClFN2O2. The van der Waals surface area contributed by atoms with E-state index in [9.17, 15) is 9.18 Å². The van der Waals surface area contributed by atoms with Crippen molar-refractivity contribution in [1.29, 1.82) is 0 Å². The topological polar surface area (TPSA) is 41.6 Å². The second-order valence-corrected chi connectivity index (χ2v) is 8.62. The third kappa shape index (κ3) is 5.46. The molecule has 150 valence electrons. The summed E-state index contributed by atoms with van der Waals surface area (Å²) >= 11 is 5.84. The molecule has 4 nitrogen and oxygen atoms in total. The molecule has 1 fully saturated rings. The number of hydrogen-bond acceptors (Lipinski definition) is 3. The van der Waals surface area contributed by atoms with E-state index in [-0.39, 0.29) is 17.0 Å². The number of benzene rings is 2. The summed E-state index contributed by atoms with van der Waals surface area (Å²) in [7, 11) is 0. The SMILES string of the molecule is CC(C)(C)OC(=O)NC1CN(Cc2ccccc2)CC1c1ccc(Cl)c(F)c1.